The van der Waals surface area contributed by atoms with E-state index in [0.717, 1.165) is 24.8 Å². The van der Waals surface area contributed by atoms with Gasteiger partial charge in [-0.25, -0.2) is 4.39 Å². The Labute approximate surface area is 118 Å². The van der Waals surface area contributed by atoms with Crippen molar-refractivity contribution in [3.63, 3.8) is 0 Å². The Morgan fingerprint density at radius 3 is 2.90 bits per heavy atom. The minimum Gasteiger partial charge on any atom is -0.480 e. The maximum Gasteiger partial charge on any atom is 0.320 e. The van der Waals surface area contributed by atoms with Crippen LogP contribution in [0.15, 0.2) is 24.3 Å². The highest BCUT2D eigenvalue weighted by Gasteiger charge is 2.44. The standard InChI is InChI=1S/C16H20FNO2/c17-13-6-3-4-11(8-13)10-18-14-7-2-1-5-12(14)9-15(18)16(19)20/h3-4,6,8,12,14-15H,1-2,5,7,9-10H2,(H,19,20)/t12-,14+,15+/m1/s1. The molecule has 0 amide bonds. The summed E-state index contributed by atoms with van der Waals surface area (Å²) in [5, 5.41) is 9.45. The smallest absolute Gasteiger partial charge is 0.320 e. The molecular formula is C16H20FNO2. The molecule has 0 aromatic heterocycles. The number of benzene rings is 1. The van der Waals surface area contributed by atoms with Crippen LogP contribution in [0, 0.1) is 11.7 Å². The second kappa shape index (κ2) is 5.52. The molecule has 0 radical (unpaired) electrons. The summed E-state index contributed by atoms with van der Waals surface area (Å²) in [5.74, 6) is -0.497. The zero-order valence-electron chi connectivity index (χ0n) is 11.5. The molecule has 1 aromatic rings. The van der Waals surface area contributed by atoms with E-state index in [1.807, 2.05) is 6.07 Å². The number of halogens is 1. The number of fused-ring (bicyclic) bond motifs is 1. The lowest BCUT2D eigenvalue weighted by Crippen LogP contribution is -2.41. The Bertz CT molecular complexity index is 505. The number of hydrogen-bond donors (Lipinski definition) is 1. The van der Waals surface area contributed by atoms with Crippen LogP contribution in [0.3, 0.4) is 0 Å². The molecular weight excluding hydrogens is 257 g/mol. The van der Waals surface area contributed by atoms with E-state index in [9.17, 15) is 14.3 Å². The summed E-state index contributed by atoms with van der Waals surface area (Å²) in [4.78, 5) is 13.6. The molecule has 1 aromatic carbocycles. The van der Waals surface area contributed by atoms with Gasteiger partial charge in [-0.3, -0.25) is 9.69 Å². The molecule has 3 atom stereocenters. The van der Waals surface area contributed by atoms with Crippen LogP contribution in [0.1, 0.15) is 37.7 Å². The number of likely N-dealkylation sites (tertiary alicyclic amines) is 1. The minimum absolute atomic E-state index is 0.256. The summed E-state index contributed by atoms with van der Waals surface area (Å²) in [7, 11) is 0. The van der Waals surface area contributed by atoms with Crippen molar-refractivity contribution < 1.29 is 14.3 Å². The Morgan fingerprint density at radius 1 is 1.35 bits per heavy atom. The second-order valence-corrected chi connectivity index (χ2v) is 6.00. The van der Waals surface area contributed by atoms with Crippen LogP contribution < -0.4 is 0 Å². The number of carboxylic acids is 1. The molecule has 2 aliphatic rings. The first kappa shape index (κ1) is 13.6. The fourth-order valence-electron chi connectivity index (χ4n) is 3.87. The van der Waals surface area contributed by atoms with Gasteiger partial charge in [-0.1, -0.05) is 25.0 Å². The van der Waals surface area contributed by atoms with Crippen molar-refractivity contribution in [1.82, 2.24) is 4.90 Å². The van der Waals surface area contributed by atoms with Crippen LogP contribution in [-0.2, 0) is 11.3 Å². The van der Waals surface area contributed by atoms with Gasteiger partial charge < -0.3 is 5.11 Å². The number of nitrogens with zero attached hydrogens (tertiary/aromatic N) is 1. The van der Waals surface area contributed by atoms with Gasteiger partial charge in [-0.05, 0) is 42.9 Å². The first-order chi connectivity index (χ1) is 9.65. The fraction of sp³-hybridized carbons (Fsp3) is 0.562. The molecule has 1 saturated heterocycles. The van der Waals surface area contributed by atoms with Crippen LogP contribution in [0.25, 0.3) is 0 Å². The predicted octanol–water partition coefficient (Wildman–Crippen LogP) is 3.04. The van der Waals surface area contributed by atoms with E-state index in [1.54, 1.807) is 6.07 Å². The Balaban J connectivity index is 1.82. The first-order valence-corrected chi connectivity index (χ1v) is 7.38. The molecule has 1 aliphatic carbocycles. The lowest BCUT2D eigenvalue weighted by Gasteiger charge is -2.33. The third-order valence-corrected chi connectivity index (χ3v) is 4.76. The Hall–Kier alpha value is -1.42. The van der Waals surface area contributed by atoms with Crippen LogP contribution in [0.2, 0.25) is 0 Å². The van der Waals surface area contributed by atoms with Crippen molar-refractivity contribution in [2.45, 2.75) is 50.7 Å². The number of rotatable bonds is 3. The maximum atomic E-state index is 13.3. The molecule has 1 heterocycles. The number of aliphatic carboxylic acids is 1. The van der Waals surface area contributed by atoms with E-state index in [4.69, 9.17) is 0 Å². The van der Waals surface area contributed by atoms with E-state index < -0.39 is 12.0 Å². The molecule has 1 N–H and O–H groups in total. The number of hydrogen-bond acceptors (Lipinski definition) is 2. The topological polar surface area (TPSA) is 40.5 Å². The van der Waals surface area contributed by atoms with E-state index in [2.05, 4.69) is 4.90 Å². The van der Waals surface area contributed by atoms with Crippen molar-refractivity contribution in [3.8, 4) is 0 Å². The molecule has 0 unspecified atom stereocenters. The normalized spacial score (nSPS) is 30.1. The average Bonchev–Trinajstić information content (AvgIpc) is 2.78. The number of carboxylic acid groups (broad SMARTS) is 1. The third-order valence-electron chi connectivity index (χ3n) is 4.76. The van der Waals surface area contributed by atoms with Gasteiger partial charge in [0.05, 0.1) is 0 Å². The van der Waals surface area contributed by atoms with Gasteiger partial charge >= 0.3 is 5.97 Å². The van der Waals surface area contributed by atoms with Gasteiger partial charge in [0.25, 0.3) is 0 Å². The van der Waals surface area contributed by atoms with Crippen molar-refractivity contribution in [2.75, 3.05) is 0 Å². The Kier molecular flexibility index (Phi) is 3.74. The fourth-order valence-corrected chi connectivity index (χ4v) is 3.87. The highest BCUT2D eigenvalue weighted by Crippen LogP contribution is 2.40. The van der Waals surface area contributed by atoms with Crippen LogP contribution in [0.5, 0.6) is 0 Å². The molecule has 1 aliphatic heterocycles. The summed E-state index contributed by atoms with van der Waals surface area (Å²) < 4.78 is 13.3. The summed E-state index contributed by atoms with van der Waals surface area (Å²) in [6.45, 7) is 0.538. The minimum atomic E-state index is -0.740. The van der Waals surface area contributed by atoms with Crippen molar-refractivity contribution in [2.24, 2.45) is 5.92 Å². The van der Waals surface area contributed by atoms with Crippen molar-refractivity contribution >= 4 is 5.97 Å². The van der Waals surface area contributed by atoms with Crippen LogP contribution in [0.4, 0.5) is 4.39 Å². The van der Waals surface area contributed by atoms with Crippen molar-refractivity contribution in [3.05, 3.63) is 35.6 Å². The predicted molar refractivity (Wildman–Crippen MR) is 73.7 cm³/mol. The van der Waals surface area contributed by atoms with E-state index in [-0.39, 0.29) is 5.82 Å². The summed E-state index contributed by atoms with van der Waals surface area (Å²) in [5.41, 5.74) is 0.863. The molecule has 3 rings (SSSR count). The summed E-state index contributed by atoms with van der Waals surface area (Å²) in [6, 6.07) is 6.44. The molecule has 3 nitrogen and oxygen atoms in total. The molecule has 1 saturated carbocycles. The first-order valence-electron chi connectivity index (χ1n) is 7.38. The zero-order valence-corrected chi connectivity index (χ0v) is 11.5. The zero-order chi connectivity index (χ0) is 14.1. The highest BCUT2D eigenvalue weighted by molar-refractivity contribution is 5.74. The lowest BCUT2D eigenvalue weighted by molar-refractivity contribution is -0.142. The molecule has 0 bridgehead atoms. The second-order valence-electron chi connectivity index (χ2n) is 6.00. The summed E-state index contributed by atoms with van der Waals surface area (Å²) >= 11 is 0. The summed E-state index contributed by atoms with van der Waals surface area (Å²) in [6.07, 6.45) is 5.33. The highest BCUT2D eigenvalue weighted by atomic mass is 19.1. The van der Waals surface area contributed by atoms with Gasteiger partial charge in [0, 0.05) is 12.6 Å². The average molecular weight is 277 g/mol. The van der Waals surface area contributed by atoms with Gasteiger partial charge in [-0.2, -0.15) is 0 Å². The lowest BCUT2D eigenvalue weighted by atomic mass is 9.84. The quantitative estimate of drug-likeness (QED) is 0.923. The monoisotopic (exact) mass is 277 g/mol. The van der Waals surface area contributed by atoms with Gasteiger partial charge in [0.1, 0.15) is 11.9 Å². The van der Waals surface area contributed by atoms with E-state index in [0.29, 0.717) is 18.5 Å². The van der Waals surface area contributed by atoms with Crippen LogP contribution in [-0.4, -0.2) is 28.1 Å². The van der Waals surface area contributed by atoms with Gasteiger partial charge in [0.15, 0.2) is 0 Å². The van der Waals surface area contributed by atoms with Crippen molar-refractivity contribution in [1.29, 1.82) is 0 Å². The Morgan fingerprint density at radius 2 is 2.15 bits per heavy atom. The SMILES string of the molecule is O=C(O)[C@@H]1C[C@H]2CCCC[C@@H]2N1Cc1cccc(F)c1. The van der Waals surface area contributed by atoms with E-state index in [1.165, 1.54) is 25.0 Å². The molecule has 2 fully saturated rings. The molecule has 20 heavy (non-hydrogen) atoms. The maximum absolute atomic E-state index is 13.3. The third kappa shape index (κ3) is 2.57. The molecule has 0 spiro atoms. The molecule has 4 heteroatoms. The van der Waals surface area contributed by atoms with E-state index >= 15 is 0 Å². The van der Waals surface area contributed by atoms with Crippen LogP contribution >= 0.6 is 0 Å². The largest absolute Gasteiger partial charge is 0.480 e. The number of carbonyl (C=O) groups is 1. The molecule has 108 valence electrons. The van der Waals surface area contributed by atoms with Gasteiger partial charge in [-0.15, -0.1) is 0 Å². The van der Waals surface area contributed by atoms with Gasteiger partial charge in [0.2, 0.25) is 0 Å².